The summed E-state index contributed by atoms with van der Waals surface area (Å²) in [6.07, 6.45) is 1.38. The van der Waals surface area contributed by atoms with E-state index in [1.165, 1.54) is 22.2 Å². The summed E-state index contributed by atoms with van der Waals surface area (Å²) in [4.78, 5) is 3.86. The van der Waals surface area contributed by atoms with Gasteiger partial charge in [0.1, 0.15) is 5.15 Å². The second-order valence-corrected chi connectivity index (χ2v) is 7.48. The topological polar surface area (TPSA) is 55.2 Å². The molecule has 0 aliphatic carbocycles. The van der Waals surface area contributed by atoms with Crippen LogP contribution in [0, 0.1) is 0 Å². The number of imidazole rings is 1. The Balaban J connectivity index is 2.31. The summed E-state index contributed by atoms with van der Waals surface area (Å²) in [6.45, 7) is 0.233. The van der Waals surface area contributed by atoms with Gasteiger partial charge in [-0.3, -0.25) is 0 Å². The van der Waals surface area contributed by atoms with Gasteiger partial charge < -0.3 is 4.57 Å². The number of benzene rings is 1. The van der Waals surface area contributed by atoms with Crippen molar-refractivity contribution in [2.24, 2.45) is 7.05 Å². The van der Waals surface area contributed by atoms with E-state index in [0.29, 0.717) is 0 Å². The lowest BCUT2D eigenvalue weighted by molar-refractivity contribution is 0.463. The van der Waals surface area contributed by atoms with E-state index in [1.807, 2.05) is 24.3 Å². The highest BCUT2D eigenvalue weighted by atomic mass is 79.9. The standard InChI is InChI=1S/C12H13BrClN3O2S/c1-16-8-15-12(11(16)14)20(18,19)17(2)7-9-5-3-4-6-10(9)13/h3-6,8H,7H2,1-2H3. The second kappa shape index (κ2) is 5.85. The van der Waals surface area contributed by atoms with Crippen molar-refractivity contribution in [3.63, 3.8) is 0 Å². The average Bonchev–Trinajstić information content (AvgIpc) is 2.73. The molecule has 1 aromatic carbocycles. The average molecular weight is 379 g/mol. The zero-order valence-corrected chi connectivity index (χ0v) is 14.1. The van der Waals surface area contributed by atoms with Crippen molar-refractivity contribution in [2.75, 3.05) is 7.05 Å². The lowest BCUT2D eigenvalue weighted by atomic mass is 10.2. The summed E-state index contributed by atoms with van der Waals surface area (Å²) < 4.78 is 28.4. The van der Waals surface area contributed by atoms with Crippen LogP contribution in [-0.2, 0) is 23.6 Å². The molecule has 108 valence electrons. The van der Waals surface area contributed by atoms with Gasteiger partial charge in [0.2, 0.25) is 5.03 Å². The zero-order valence-electron chi connectivity index (χ0n) is 10.9. The maximum absolute atomic E-state index is 12.4. The number of halogens is 2. The first kappa shape index (κ1) is 15.5. The number of aryl methyl sites for hydroxylation is 1. The summed E-state index contributed by atoms with van der Waals surface area (Å²) in [6, 6.07) is 7.45. The van der Waals surface area contributed by atoms with Gasteiger partial charge in [-0.15, -0.1) is 0 Å². The Bertz CT molecular complexity index is 730. The van der Waals surface area contributed by atoms with Crippen molar-refractivity contribution in [1.29, 1.82) is 0 Å². The SMILES string of the molecule is CN(Cc1ccccc1Br)S(=O)(=O)c1ncn(C)c1Cl. The Morgan fingerprint density at radius 1 is 1.40 bits per heavy atom. The summed E-state index contributed by atoms with van der Waals surface area (Å²) in [5, 5.41) is -0.0276. The number of sulfonamides is 1. The van der Waals surface area contributed by atoms with Crippen molar-refractivity contribution in [3.05, 3.63) is 45.8 Å². The third kappa shape index (κ3) is 2.90. The maximum atomic E-state index is 12.4. The fourth-order valence-electron chi connectivity index (χ4n) is 1.67. The van der Waals surface area contributed by atoms with E-state index >= 15 is 0 Å². The van der Waals surface area contributed by atoms with E-state index in [4.69, 9.17) is 11.6 Å². The molecule has 1 heterocycles. The Hall–Kier alpha value is -0.890. The van der Waals surface area contributed by atoms with Gasteiger partial charge in [0.15, 0.2) is 0 Å². The molecule has 1 aromatic heterocycles. The fraction of sp³-hybridized carbons (Fsp3) is 0.250. The molecule has 0 spiro atoms. The molecule has 2 rings (SSSR count). The molecule has 2 aromatic rings. The van der Waals surface area contributed by atoms with Crippen molar-refractivity contribution >= 4 is 37.6 Å². The molecule has 0 N–H and O–H groups in total. The molecule has 0 saturated carbocycles. The molecule has 0 aliphatic rings. The van der Waals surface area contributed by atoms with Crippen LogP contribution in [0.1, 0.15) is 5.56 Å². The van der Waals surface area contributed by atoms with Crippen LogP contribution in [0.5, 0.6) is 0 Å². The van der Waals surface area contributed by atoms with Crippen LogP contribution >= 0.6 is 27.5 Å². The highest BCUT2D eigenvalue weighted by Crippen LogP contribution is 2.24. The van der Waals surface area contributed by atoms with Gasteiger partial charge in [-0.05, 0) is 11.6 Å². The summed E-state index contributed by atoms with van der Waals surface area (Å²) in [5.74, 6) is 0. The first-order chi connectivity index (χ1) is 9.34. The third-order valence-electron chi connectivity index (χ3n) is 2.84. The molecule has 0 saturated heterocycles. The minimum absolute atomic E-state index is 0.101. The Morgan fingerprint density at radius 2 is 2.05 bits per heavy atom. The molecule has 0 amide bonds. The van der Waals surface area contributed by atoms with Crippen LogP contribution in [0.15, 0.2) is 40.1 Å². The smallest absolute Gasteiger partial charge is 0.263 e. The van der Waals surface area contributed by atoms with Gasteiger partial charge in [0, 0.05) is 25.1 Å². The summed E-state index contributed by atoms with van der Waals surface area (Å²) in [7, 11) is -0.574. The van der Waals surface area contributed by atoms with Gasteiger partial charge in [-0.2, -0.15) is 4.31 Å². The monoisotopic (exact) mass is 377 g/mol. The second-order valence-electron chi connectivity index (χ2n) is 4.30. The minimum atomic E-state index is -3.72. The van der Waals surface area contributed by atoms with Crippen LogP contribution in [0.25, 0.3) is 0 Å². The summed E-state index contributed by atoms with van der Waals surface area (Å²) >= 11 is 9.36. The van der Waals surface area contributed by atoms with Crippen LogP contribution in [0.4, 0.5) is 0 Å². The lowest BCUT2D eigenvalue weighted by Gasteiger charge is -2.16. The van der Waals surface area contributed by atoms with Crippen molar-refractivity contribution in [2.45, 2.75) is 11.6 Å². The maximum Gasteiger partial charge on any atom is 0.263 e. The number of rotatable bonds is 4. The molecular formula is C12H13BrClN3O2S. The molecule has 0 fully saturated rings. The fourth-order valence-corrected chi connectivity index (χ4v) is 3.60. The van der Waals surface area contributed by atoms with E-state index in [2.05, 4.69) is 20.9 Å². The Morgan fingerprint density at radius 3 is 2.60 bits per heavy atom. The van der Waals surface area contributed by atoms with Gasteiger partial charge in [0.05, 0.1) is 6.33 Å². The Kier molecular flexibility index (Phi) is 4.53. The first-order valence-corrected chi connectivity index (χ1v) is 8.31. The van der Waals surface area contributed by atoms with Gasteiger partial charge >= 0.3 is 0 Å². The molecule has 0 bridgehead atoms. The van der Waals surface area contributed by atoms with E-state index in [-0.39, 0.29) is 16.7 Å². The number of hydrogen-bond acceptors (Lipinski definition) is 3. The molecule has 0 radical (unpaired) electrons. The van der Waals surface area contributed by atoms with E-state index in [9.17, 15) is 8.42 Å². The van der Waals surface area contributed by atoms with Crippen LogP contribution in [-0.4, -0.2) is 29.3 Å². The predicted octanol–water partition coefficient (Wildman–Crippen LogP) is 2.66. The largest absolute Gasteiger partial charge is 0.324 e. The van der Waals surface area contributed by atoms with Gasteiger partial charge in [-0.25, -0.2) is 13.4 Å². The minimum Gasteiger partial charge on any atom is -0.324 e. The summed E-state index contributed by atoms with van der Waals surface area (Å²) in [5.41, 5.74) is 0.866. The van der Waals surface area contributed by atoms with Crippen LogP contribution in [0.2, 0.25) is 5.15 Å². The van der Waals surface area contributed by atoms with Gasteiger partial charge in [-0.1, -0.05) is 45.7 Å². The molecule has 0 aliphatic heterocycles. The number of hydrogen-bond donors (Lipinski definition) is 0. The first-order valence-electron chi connectivity index (χ1n) is 5.70. The van der Waals surface area contributed by atoms with Crippen LogP contribution < -0.4 is 0 Å². The quantitative estimate of drug-likeness (QED) is 0.822. The highest BCUT2D eigenvalue weighted by Gasteiger charge is 2.27. The van der Waals surface area contributed by atoms with E-state index in [1.54, 1.807) is 7.05 Å². The van der Waals surface area contributed by atoms with Crippen LogP contribution in [0.3, 0.4) is 0 Å². The number of nitrogens with zero attached hydrogens (tertiary/aromatic N) is 3. The molecule has 0 unspecified atom stereocenters. The molecule has 5 nitrogen and oxygen atoms in total. The van der Waals surface area contributed by atoms with E-state index in [0.717, 1.165) is 10.0 Å². The van der Waals surface area contributed by atoms with Crippen molar-refractivity contribution in [1.82, 2.24) is 13.9 Å². The zero-order chi connectivity index (χ0) is 14.9. The van der Waals surface area contributed by atoms with E-state index < -0.39 is 10.0 Å². The molecule has 0 atom stereocenters. The number of aromatic nitrogens is 2. The predicted molar refractivity (Wildman–Crippen MR) is 81.0 cm³/mol. The normalized spacial score (nSPS) is 12.1. The van der Waals surface area contributed by atoms with Crippen molar-refractivity contribution in [3.8, 4) is 0 Å². The van der Waals surface area contributed by atoms with Gasteiger partial charge in [0.25, 0.3) is 10.0 Å². The molecular weight excluding hydrogens is 366 g/mol. The Labute approximate surface area is 131 Å². The molecule has 20 heavy (non-hydrogen) atoms. The molecule has 8 heteroatoms. The lowest BCUT2D eigenvalue weighted by Crippen LogP contribution is -2.27. The third-order valence-corrected chi connectivity index (χ3v) is 5.91. The van der Waals surface area contributed by atoms with Crippen molar-refractivity contribution < 1.29 is 8.42 Å². The highest BCUT2D eigenvalue weighted by molar-refractivity contribution is 9.10.